The maximum Gasteiger partial charge on any atom is 0.363 e. The average Bonchev–Trinajstić information content (AvgIpc) is 2.87. The lowest BCUT2D eigenvalue weighted by atomic mass is 10.1. The third-order valence-electron chi connectivity index (χ3n) is 3.76. The summed E-state index contributed by atoms with van der Waals surface area (Å²) in [6, 6.07) is 10.6. The van der Waals surface area contributed by atoms with Crippen LogP contribution in [0, 0.1) is 0 Å². The van der Waals surface area contributed by atoms with E-state index in [0.717, 1.165) is 12.1 Å². The number of nitrogens with zero attached hydrogens (tertiary/aromatic N) is 1. The zero-order valence-corrected chi connectivity index (χ0v) is 14.3. The van der Waals surface area contributed by atoms with Crippen molar-refractivity contribution in [1.29, 1.82) is 0 Å². The fraction of sp³-hybridized carbons (Fsp3) is 0.118. The van der Waals surface area contributed by atoms with Crippen LogP contribution in [0.5, 0.6) is 0 Å². The summed E-state index contributed by atoms with van der Waals surface area (Å²) in [6.45, 7) is 0. The summed E-state index contributed by atoms with van der Waals surface area (Å²) in [5, 5.41) is 0.335. The number of imide groups is 1. The highest BCUT2D eigenvalue weighted by Gasteiger charge is 2.38. The number of carbonyl (C=O) groups excluding carboxylic acids is 3. The molecule has 0 saturated carbocycles. The second kappa shape index (κ2) is 6.88. The molecule has 0 unspecified atom stereocenters. The SMILES string of the molecule is O=C(ON1C(=O)c2ccccc2C1=O)c1ccc(CS(=O)(=O)C(F)F)cc1. The Hall–Kier alpha value is -3.14. The zero-order valence-electron chi connectivity index (χ0n) is 13.5. The Labute approximate surface area is 152 Å². The zero-order chi connectivity index (χ0) is 19.8. The molecule has 140 valence electrons. The molecule has 0 N–H and O–H groups in total. The number of amides is 2. The number of halogens is 2. The van der Waals surface area contributed by atoms with Crippen LogP contribution in [0.3, 0.4) is 0 Å². The molecular formula is C17H11F2NO6S. The topological polar surface area (TPSA) is 97.8 Å². The van der Waals surface area contributed by atoms with E-state index >= 15 is 0 Å². The first-order valence-electron chi connectivity index (χ1n) is 7.49. The molecule has 2 aromatic rings. The van der Waals surface area contributed by atoms with Gasteiger partial charge in [-0.1, -0.05) is 29.3 Å². The number of sulfone groups is 1. The minimum Gasteiger partial charge on any atom is -0.324 e. The van der Waals surface area contributed by atoms with Gasteiger partial charge in [-0.15, -0.1) is 0 Å². The number of fused-ring (bicyclic) bond motifs is 1. The Kier molecular flexibility index (Phi) is 4.75. The van der Waals surface area contributed by atoms with Crippen molar-refractivity contribution in [3.63, 3.8) is 0 Å². The third-order valence-corrected chi connectivity index (χ3v) is 5.04. The van der Waals surface area contributed by atoms with Gasteiger partial charge in [0.2, 0.25) is 9.84 Å². The number of hydrogen-bond donors (Lipinski definition) is 0. The predicted octanol–water partition coefficient (Wildman–Crippen LogP) is 2.19. The number of benzene rings is 2. The number of carbonyl (C=O) groups is 3. The van der Waals surface area contributed by atoms with E-state index < -0.39 is 39.1 Å². The maximum atomic E-state index is 12.4. The molecule has 7 nitrogen and oxygen atoms in total. The van der Waals surface area contributed by atoms with Crippen LogP contribution in [0.2, 0.25) is 0 Å². The predicted molar refractivity (Wildman–Crippen MR) is 87.4 cm³/mol. The van der Waals surface area contributed by atoms with Crippen molar-refractivity contribution in [3.05, 3.63) is 70.8 Å². The second-order valence-corrected chi connectivity index (χ2v) is 7.56. The van der Waals surface area contributed by atoms with E-state index in [9.17, 15) is 31.6 Å². The standard InChI is InChI=1S/C17H11F2NO6S/c18-17(19)27(24,25)9-10-5-7-11(8-6-10)16(23)26-20-14(21)12-3-1-2-4-13(12)15(20)22/h1-8,17H,9H2. The molecule has 0 aliphatic carbocycles. The van der Waals surface area contributed by atoms with Crippen LogP contribution < -0.4 is 0 Å². The summed E-state index contributed by atoms with van der Waals surface area (Å²) in [4.78, 5) is 41.3. The molecule has 0 radical (unpaired) electrons. The second-order valence-electron chi connectivity index (χ2n) is 5.59. The van der Waals surface area contributed by atoms with E-state index in [4.69, 9.17) is 4.84 Å². The Balaban J connectivity index is 1.73. The summed E-state index contributed by atoms with van der Waals surface area (Å²) in [5.74, 6) is -7.01. The molecule has 2 amide bonds. The largest absolute Gasteiger partial charge is 0.363 e. The van der Waals surface area contributed by atoms with Gasteiger partial charge in [0.05, 0.1) is 22.4 Å². The van der Waals surface area contributed by atoms with Gasteiger partial charge in [0.25, 0.3) is 11.8 Å². The van der Waals surface area contributed by atoms with Crippen molar-refractivity contribution in [2.75, 3.05) is 0 Å². The van der Waals surface area contributed by atoms with Crippen molar-refractivity contribution in [2.45, 2.75) is 11.5 Å². The normalized spacial score (nSPS) is 13.8. The van der Waals surface area contributed by atoms with Gasteiger partial charge in [-0.2, -0.15) is 8.78 Å². The number of hydrogen-bond acceptors (Lipinski definition) is 6. The first-order valence-corrected chi connectivity index (χ1v) is 9.21. The summed E-state index contributed by atoms with van der Waals surface area (Å²) in [6.07, 6.45) is 0. The van der Waals surface area contributed by atoms with Gasteiger partial charge in [-0.3, -0.25) is 9.59 Å². The summed E-state index contributed by atoms with van der Waals surface area (Å²) < 4.78 is 47.2. The van der Waals surface area contributed by atoms with E-state index in [0.29, 0.717) is 5.06 Å². The van der Waals surface area contributed by atoms with Crippen LogP contribution in [-0.4, -0.2) is 37.0 Å². The Morgan fingerprint density at radius 1 is 0.963 bits per heavy atom. The lowest BCUT2D eigenvalue weighted by Gasteiger charge is -2.12. The number of hydroxylamine groups is 2. The van der Waals surface area contributed by atoms with Crippen LogP contribution in [-0.2, 0) is 20.4 Å². The molecule has 0 fully saturated rings. The first kappa shape index (κ1) is 18.6. The summed E-state index contributed by atoms with van der Waals surface area (Å²) in [5.41, 5.74) is 0.156. The van der Waals surface area contributed by atoms with E-state index in [2.05, 4.69) is 0 Å². The van der Waals surface area contributed by atoms with Crippen molar-refractivity contribution >= 4 is 27.6 Å². The lowest BCUT2D eigenvalue weighted by molar-refractivity contribution is -0.0584. The minimum absolute atomic E-state index is 0.0487. The highest BCUT2D eigenvalue weighted by atomic mass is 32.2. The van der Waals surface area contributed by atoms with E-state index in [1.165, 1.54) is 24.3 Å². The molecule has 0 aromatic heterocycles. The smallest absolute Gasteiger partial charge is 0.324 e. The van der Waals surface area contributed by atoms with Gasteiger partial charge in [-0.05, 0) is 29.8 Å². The van der Waals surface area contributed by atoms with Crippen LogP contribution in [0.4, 0.5) is 8.78 Å². The molecule has 0 bridgehead atoms. The number of alkyl halides is 2. The van der Waals surface area contributed by atoms with Crippen LogP contribution in [0.25, 0.3) is 0 Å². The van der Waals surface area contributed by atoms with Crippen LogP contribution >= 0.6 is 0 Å². The third kappa shape index (κ3) is 3.56. The molecular weight excluding hydrogens is 384 g/mol. The Morgan fingerprint density at radius 2 is 1.48 bits per heavy atom. The maximum absolute atomic E-state index is 12.4. The quantitative estimate of drug-likeness (QED) is 0.720. The Bertz CT molecular complexity index is 999. The molecule has 0 atom stereocenters. The van der Waals surface area contributed by atoms with E-state index in [-0.39, 0.29) is 22.3 Å². The fourth-order valence-electron chi connectivity index (χ4n) is 2.42. The molecule has 0 spiro atoms. The van der Waals surface area contributed by atoms with Gasteiger partial charge < -0.3 is 4.84 Å². The van der Waals surface area contributed by atoms with Gasteiger partial charge in [0.1, 0.15) is 0 Å². The molecule has 1 aliphatic heterocycles. The molecule has 10 heteroatoms. The van der Waals surface area contributed by atoms with Gasteiger partial charge in [0.15, 0.2) is 0 Å². The van der Waals surface area contributed by atoms with Crippen molar-refractivity contribution in [2.24, 2.45) is 0 Å². The highest BCUT2D eigenvalue weighted by molar-refractivity contribution is 7.90. The molecule has 3 rings (SSSR count). The van der Waals surface area contributed by atoms with Crippen LogP contribution in [0.15, 0.2) is 48.5 Å². The van der Waals surface area contributed by atoms with Crippen molar-refractivity contribution in [3.8, 4) is 0 Å². The monoisotopic (exact) mass is 395 g/mol. The molecule has 1 aliphatic rings. The van der Waals surface area contributed by atoms with Gasteiger partial charge in [-0.25, -0.2) is 13.2 Å². The molecule has 27 heavy (non-hydrogen) atoms. The number of rotatable bonds is 5. The van der Waals surface area contributed by atoms with Crippen LogP contribution in [0.1, 0.15) is 36.6 Å². The minimum atomic E-state index is -4.60. The van der Waals surface area contributed by atoms with Crippen molar-refractivity contribution < 1.29 is 36.4 Å². The fourth-order valence-corrected chi connectivity index (χ4v) is 3.20. The van der Waals surface area contributed by atoms with Gasteiger partial charge >= 0.3 is 11.7 Å². The van der Waals surface area contributed by atoms with E-state index in [1.54, 1.807) is 12.1 Å². The lowest BCUT2D eigenvalue weighted by Crippen LogP contribution is -2.32. The molecule has 0 saturated heterocycles. The molecule has 1 heterocycles. The highest BCUT2D eigenvalue weighted by Crippen LogP contribution is 2.23. The summed E-state index contributed by atoms with van der Waals surface area (Å²) >= 11 is 0. The first-order chi connectivity index (χ1) is 12.7. The average molecular weight is 395 g/mol. The van der Waals surface area contributed by atoms with E-state index in [1.807, 2.05) is 0 Å². The van der Waals surface area contributed by atoms with Crippen molar-refractivity contribution in [1.82, 2.24) is 5.06 Å². The Morgan fingerprint density at radius 3 is 1.96 bits per heavy atom. The van der Waals surface area contributed by atoms with Gasteiger partial charge in [0, 0.05) is 0 Å². The summed E-state index contributed by atoms with van der Waals surface area (Å²) in [7, 11) is -4.60. The molecule has 2 aromatic carbocycles.